The summed E-state index contributed by atoms with van der Waals surface area (Å²) in [5.41, 5.74) is 1.42. The van der Waals surface area contributed by atoms with Crippen molar-refractivity contribution in [3.8, 4) is 11.1 Å². The van der Waals surface area contributed by atoms with Crippen molar-refractivity contribution in [2.75, 3.05) is 6.54 Å². The van der Waals surface area contributed by atoms with Gasteiger partial charge in [0.1, 0.15) is 5.82 Å². The lowest BCUT2D eigenvalue weighted by Gasteiger charge is -2.07. The molecule has 0 atom stereocenters. The normalized spacial score (nSPS) is 10.2. The van der Waals surface area contributed by atoms with E-state index in [1.807, 2.05) is 0 Å². The Morgan fingerprint density at radius 3 is 2.24 bits per heavy atom. The van der Waals surface area contributed by atoms with Crippen LogP contribution in [0.3, 0.4) is 0 Å². The van der Waals surface area contributed by atoms with Crippen LogP contribution in [-0.2, 0) is 0 Å². The van der Waals surface area contributed by atoms with E-state index in [-0.39, 0.29) is 11.1 Å². The van der Waals surface area contributed by atoms with Crippen LogP contribution in [0.4, 0.5) is 4.39 Å². The number of carboxylic acids is 1. The molecule has 0 saturated heterocycles. The third-order valence-corrected chi connectivity index (χ3v) is 3.02. The average Bonchev–Trinajstić information content (AvgIpc) is 2.47. The van der Waals surface area contributed by atoms with Crippen molar-refractivity contribution in [2.24, 2.45) is 0 Å². The molecule has 2 N–H and O–H groups in total. The van der Waals surface area contributed by atoms with Gasteiger partial charge in [0.15, 0.2) is 0 Å². The number of halogens is 1. The van der Waals surface area contributed by atoms with Crippen molar-refractivity contribution in [3.63, 3.8) is 0 Å². The lowest BCUT2D eigenvalue weighted by molar-refractivity contribution is 0.0696. The highest BCUT2D eigenvalue weighted by Gasteiger charge is 2.12. The average molecular weight is 287 g/mol. The molecule has 4 nitrogen and oxygen atoms in total. The Bertz CT molecular complexity index is 680. The summed E-state index contributed by atoms with van der Waals surface area (Å²) in [6.07, 6.45) is 0. The third-order valence-electron chi connectivity index (χ3n) is 3.02. The zero-order valence-electron chi connectivity index (χ0n) is 11.4. The highest BCUT2D eigenvalue weighted by Crippen LogP contribution is 2.22. The number of benzene rings is 2. The third kappa shape index (κ3) is 3.25. The van der Waals surface area contributed by atoms with E-state index in [0.717, 1.165) is 0 Å². The van der Waals surface area contributed by atoms with Crippen molar-refractivity contribution >= 4 is 11.9 Å². The van der Waals surface area contributed by atoms with E-state index in [1.165, 1.54) is 24.3 Å². The molecule has 0 bridgehead atoms. The lowest BCUT2D eigenvalue weighted by atomic mass is 10.0. The van der Waals surface area contributed by atoms with Crippen LogP contribution >= 0.6 is 0 Å². The zero-order valence-corrected chi connectivity index (χ0v) is 11.4. The highest BCUT2D eigenvalue weighted by molar-refractivity contribution is 5.95. The summed E-state index contributed by atoms with van der Waals surface area (Å²) in [6, 6.07) is 10.4. The number of aromatic carboxylic acids is 1. The van der Waals surface area contributed by atoms with Gasteiger partial charge < -0.3 is 10.4 Å². The van der Waals surface area contributed by atoms with Crippen LogP contribution in [0.1, 0.15) is 27.6 Å². The number of hydrogen-bond donors (Lipinski definition) is 2. The van der Waals surface area contributed by atoms with Crippen LogP contribution in [-0.4, -0.2) is 23.5 Å². The molecule has 0 aromatic heterocycles. The molecule has 5 heteroatoms. The molecule has 0 aliphatic rings. The maximum atomic E-state index is 14.0. The lowest BCUT2D eigenvalue weighted by Crippen LogP contribution is -2.23. The van der Waals surface area contributed by atoms with E-state index in [4.69, 9.17) is 5.11 Å². The summed E-state index contributed by atoms with van der Waals surface area (Å²) in [5, 5.41) is 11.4. The monoisotopic (exact) mass is 287 g/mol. The van der Waals surface area contributed by atoms with Gasteiger partial charge in [0.05, 0.1) is 11.1 Å². The molecular weight excluding hydrogens is 273 g/mol. The first kappa shape index (κ1) is 14.7. The van der Waals surface area contributed by atoms with E-state index in [2.05, 4.69) is 5.32 Å². The fraction of sp³-hybridized carbons (Fsp3) is 0.125. The molecule has 0 radical (unpaired) electrons. The minimum atomic E-state index is -1.01. The Balaban J connectivity index is 2.31. The van der Waals surface area contributed by atoms with Gasteiger partial charge in [0.2, 0.25) is 0 Å². The number of carbonyl (C=O) groups is 2. The molecule has 2 rings (SSSR count). The van der Waals surface area contributed by atoms with Crippen molar-refractivity contribution in [1.29, 1.82) is 0 Å². The fourth-order valence-corrected chi connectivity index (χ4v) is 1.94. The van der Waals surface area contributed by atoms with Gasteiger partial charge in [-0.3, -0.25) is 4.79 Å². The summed E-state index contributed by atoms with van der Waals surface area (Å²) in [7, 11) is 0. The summed E-state index contributed by atoms with van der Waals surface area (Å²) >= 11 is 0. The summed E-state index contributed by atoms with van der Waals surface area (Å²) < 4.78 is 14.0. The first-order chi connectivity index (χ1) is 10.0. The molecule has 0 unspecified atom stereocenters. The van der Waals surface area contributed by atoms with Gasteiger partial charge in [-0.15, -0.1) is 0 Å². The largest absolute Gasteiger partial charge is 0.478 e. The second kappa shape index (κ2) is 6.17. The predicted molar refractivity (Wildman–Crippen MR) is 76.8 cm³/mol. The first-order valence-electron chi connectivity index (χ1n) is 6.44. The SMILES string of the molecule is CCNC(=O)c1ccc(-c2ccc(C(=O)O)cc2)cc1F. The van der Waals surface area contributed by atoms with E-state index in [9.17, 15) is 14.0 Å². The Labute approximate surface area is 121 Å². The highest BCUT2D eigenvalue weighted by atomic mass is 19.1. The Hall–Kier alpha value is -2.69. The fourth-order valence-electron chi connectivity index (χ4n) is 1.94. The van der Waals surface area contributed by atoms with Crippen LogP contribution < -0.4 is 5.32 Å². The number of amides is 1. The Morgan fingerprint density at radius 1 is 1.10 bits per heavy atom. The number of hydrogen-bond acceptors (Lipinski definition) is 2. The van der Waals surface area contributed by atoms with Crippen molar-refractivity contribution in [3.05, 3.63) is 59.4 Å². The second-order valence-corrected chi connectivity index (χ2v) is 4.44. The van der Waals surface area contributed by atoms with Crippen LogP contribution in [0, 0.1) is 5.82 Å². The van der Waals surface area contributed by atoms with E-state index >= 15 is 0 Å². The maximum Gasteiger partial charge on any atom is 0.335 e. The number of carbonyl (C=O) groups excluding carboxylic acids is 1. The molecule has 0 spiro atoms. The van der Waals surface area contributed by atoms with Crippen molar-refractivity contribution < 1.29 is 19.1 Å². The van der Waals surface area contributed by atoms with Gasteiger partial charge in [-0.1, -0.05) is 18.2 Å². The number of rotatable bonds is 4. The topological polar surface area (TPSA) is 66.4 Å². The Morgan fingerprint density at radius 2 is 1.71 bits per heavy atom. The molecule has 0 heterocycles. The quantitative estimate of drug-likeness (QED) is 0.908. The standard InChI is InChI=1S/C16H14FNO3/c1-2-18-15(19)13-8-7-12(9-14(13)17)10-3-5-11(6-4-10)16(20)21/h3-9H,2H2,1H3,(H,18,19)(H,20,21). The minimum absolute atomic E-state index is 0.0113. The van der Waals surface area contributed by atoms with Crippen LogP contribution in [0.2, 0.25) is 0 Å². The van der Waals surface area contributed by atoms with Crippen molar-refractivity contribution in [1.82, 2.24) is 5.32 Å². The molecule has 2 aromatic carbocycles. The molecule has 0 saturated carbocycles. The van der Waals surface area contributed by atoms with Crippen LogP contribution in [0.15, 0.2) is 42.5 Å². The van der Waals surface area contributed by atoms with E-state index in [0.29, 0.717) is 17.7 Å². The first-order valence-corrected chi connectivity index (χ1v) is 6.44. The zero-order chi connectivity index (χ0) is 15.4. The Kier molecular flexibility index (Phi) is 4.33. The van der Waals surface area contributed by atoms with Gasteiger partial charge in [-0.25, -0.2) is 9.18 Å². The summed E-state index contributed by atoms with van der Waals surface area (Å²) in [4.78, 5) is 22.4. The van der Waals surface area contributed by atoms with E-state index < -0.39 is 17.7 Å². The molecule has 2 aromatic rings. The summed E-state index contributed by atoms with van der Waals surface area (Å²) in [5.74, 6) is -2.08. The molecule has 0 aliphatic carbocycles. The minimum Gasteiger partial charge on any atom is -0.478 e. The summed E-state index contributed by atoms with van der Waals surface area (Å²) in [6.45, 7) is 2.19. The molecule has 0 aliphatic heterocycles. The molecule has 21 heavy (non-hydrogen) atoms. The van der Waals surface area contributed by atoms with Crippen LogP contribution in [0.25, 0.3) is 11.1 Å². The van der Waals surface area contributed by atoms with Gasteiger partial charge >= 0.3 is 5.97 Å². The van der Waals surface area contributed by atoms with E-state index in [1.54, 1.807) is 25.1 Å². The number of nitrogens with one attached hydrogen (secondary N) is 1. The molecular formula is C16H14FNO3. The second-order valence-electron chi connectivity index (χ2n) is 4.44. The molecule has 0 fully saturated rings. The van der Waals surface area contributed by atoms with Crippen LogP contribution in [0.5, 0.6) is 0 Å². The van der Waals surface area contributed by atoms with Crippen molar-refractivity contribution in [2.45, 2.75) is 6.92 Å². The van der Waals surface area contributed by atoms with Gasteiger partial charge in [-0.2, -0.15) is 0 Å². The number of carboxylic acid groups (broad SMARTS) is 1. The molecule has 108 valence electrons. The molecule has 1 amide bonds. The maximum absolute atomic E-state index is 14.0. The van der Waals surface area contributed by atoms with Gasteiger partial charge in [0, 0.05) is 6.54 Å². The van der Waals surface area contributed by atoms with Gasteiger partial charge in [0.25, 0.3) is 5.91 Å². The smallest absolute Gasteiger partial charge is 0.335 e. The van der Waals surface area contributed by atoms with Gasteiger partial charge in [-0.05, 0) is 42.3 Å². The predicted octanol–water partition coefficient (Wildman–Crippen LogP) is 2.94.